The molecular formula is C11H8N2O. The molecule has 68 valence electrons. The van der Waals surface area contributed by atoms with Gasteiger partial charge in [0, 0.05) is 6.08 Å². The highest BCUT2D eigenvalue weighted by molar-refractivity contribution is 5.69. The lowest BCUT2D eigenvalue weighted by Crippen LogP contribution is -1.82. The second-order valence-electron chi connectivity index (χ2n) is 2.50. The molecule has 0 aliphatic heterocycles. The minimum absolute atomic E-state index is 0.482. The van der Waals surface area contributed by atoms with Gasteiger partial charge in [-0.3, -0.25) is 0 Å². The highest BCUT2D eigenvalue weighted by Gasteiger charge is 2.00. The molecule has 0 unspecified atom stereocenters. The summed E-state index contributed by atoms with van der Waals surface area (Å²) >= 11 is 0. The van der Waals surface area contributed by atoms with Crippen molar-refractivity contribution in [2.24, 2.45) is 0 Å². The fourth-order valence-corrected chi connectivity index (χ4v) is 1.02. The molecule has 0 aromatic heterocycles. The maximum absolute atomic E-state index is 8.35. The van der Waals surface area contributed by atoms with Gasteiger partial charge >= 0.3 is 0 Å². The zero-order valence-corrected chi connectivity index (χ0v) is 7.69. The highest BCUT2D eigenvalue weighted by atomic mass is 16.5. The Balaban J connectivity index is 3.15. The van der Waals surface area contributed by atoms with Crippen molar-refractivity contribution in [1.82, 2.24) is 0 Å². The SMILES string of the molecule is [C-]#[N+]c1cc(OC)ccc1C=CC#N. The van der Waals surface area contributed by atoms with Gasteiger partial charge in [0.2, 0.25) is 0 Å². The first-order valence-electron chi connectivity index (χ1n) is 3.93. The summed E-state index contributed by atoms with van der Waals surface area (Å²) in [5.41, 5.74) is 1.21. The number of rotatable bonds is 2. The summed E-state index contributed by atoms with van der Waals surface area (Å²) in [6.07, 6.45) is 2.95. The molecule has 0 heterocycles. The van der Waals surface area contributed by atoms with Gasteiger partial charge in [0.15, 0.2) is 5.69 Å². The van der Waals surface area contributed by atoms with Crippen molar-refractivity contribution in [3.8, 4) is 11.8 Å². The zero-order valence-electron chi connectivity index (χ0n) is 7.69. The molecule has 0 saturated carbocycles. The van der Waals surface area contributed by atoms with E-state index in [1.54, 1.807) is 31.4 Å². The first-order chi connectivity index (χ1) is 6.81. The first kappa shape index (κ1) is 9.83. The summed E-state index contributed by atoms with van der Waals surface area (Å²) in [7, 11) is 1.55. The van der Waals surface area contributed by atoms with E-state index in [0.29, 0.717) is 11.4 Å². The van der Waals surface area contributed by atoms with Crippen molar-refractivity contribution in [2.45, 2.75) is 0 Å². The summed E-state index contributed by atoms with van der Waals surface area (Å²) in [5.74, 6) is 0.644. The largest absolute Gasteiger partial charge is 0.498 e. The fourth-order valence-electron chi connectivity index (χ4n) is 1.02. The number of methoxy groups -OCH3 is 1. The normalized spacial score (nSPS) is 9.36. The highest BCUT2D eigenvalue weighted by Crippen LogP contribution is 2.26. The predicted molar refractivity (Wildman–Crippen MR) is 53.9 cm³/mol. The number of allylic oxidation sites excluding steroid dienone is 1. The van der Waals surface area contributed by atoms with Crippen LogP contribution in [0.4, 0.5) is 5.69 Å². The maximum atomic E-state index is 8.35. The van der Waals surface area contributed by atoms with Crippen LogP contribution >= 0.6 is 0 Å². The van der Waals surface area contributed by atoms with Crippen LogP contribution < -0.4 is 4.74 Å². The van der Waals surface area contributed by atoms with E-state index in [-0.39, 0.29) is 0 Å². The second kappa shape index (κ2) is 4.69. The van der Waals surface area contributed by atoms with Gasteiger partial charge in [-0.2, -0.15) is 5.26 Å². The van der Waals surface area contributed by atoms with E-state index < -0.39 is 0 Å². The third kappa shape index (κ3) is 2.12. The van der Waals surface area contributed by atoms with E-state index in [2.05, 4.69) is 4.85 Å². The Morgan fingerprint density at radius 3 is 2.93 bits per heavy atom. The molecule has 0 aliphatic carbocycles. The summed E-state index contributed by atoms with van der Waals surface area (Å²) in [6.45, 7) is 6.94. The third-order valence-corrected chi connectivity index (χ3v) is 1.70. The van der Waals surface area contributed by atoms with Crippen molar-refractivity contribution in [2.75, 3.05) is 7.11 Å². The Kier molecular flexibility index (Phi) is 3.29. The molecule has 0 aliphatic rings. The van der Waals surface area contributed by atoms with Crippen molar-refractivity contribution >= 4 is 11.8 Å². The number of benzene rings is 1. The van der Waals surface area contributed by atoms with Crippen LogP contribution in [-0.2, 0) is 0 Å². The van der Waals surface area contributed by atoms with Crippen molar-refractivity contribution < 1.29 is 4.74 Å². The number of hydrogen-bond acceptors (Lipinski definition) is 2. The van der Waals surface area contributed by atoms with Crippen LogP contribution in [0.15, 0.2) is 24.3 Å². The van der Waals surface area contributed by atoms with Gasteiger partial charge in [-0.25, -0.2) is 4.85 Å². The van der Waals surface area contributed by atoms with Crippen LogP contribution in [0.2, 0.25) is 0 Å². The summed E-state index contributed by atoms with van der Waals surface area (Å²) in [5, 5.41) is 8.35. The summed E-state index contributed by atoms with van der Waals surface area (Å²) in [6, 6.07) is 7.03. The molecule has 0 N–H and O–H groups in total. The molecule has 14 heavy (non-hydrogen) atoms. The number of ether oxygens (including phenoxy) is 1. The average molecular weight is 184 g/mol. The van der Waals surface area contributed by atoms with E-state index in [1.165, 1.54) is 6.08 Å². The number of nitriles is 1. The molecule has 0 radical (unpaired) electrons. The lowest BCUT2D eigenvalue weighted by molar-refractivity contribution is 0.415. The molecule has 0 saturated heterocycles. The Morgan fingerprint density at radius 1 is 1.57 bits per heavy atom. The quantitative estimate of drug-likeness (QED) is 0.523. The zero-order chi connectivity index (χ0) is 10.4. The van der Waals surface area contributed by atoms with Crippen LogP contribution in [0.25, 0.3) is 10.9 Å². The second-order valence-corrected chi connectivity index (χ2v) is 2.50. The first-order valence-corrected chi connectivity index (χ1v) is 3.93. The van der Waals surface area contributed by atoms with Crippen LogP contribution in [0.5, 0.6) is 5.75 Å². The van der Waals surface area contributed by atoms with Gasteiger partial charge in [0.05, 0.1) is 19.8 Å². The molecule has 1 aromatic carbocycles. The third-order valence-electron chi connectivity index (χ3n) is 1.70. The van der Waals surface area contributed by atoms with Gasteiger partial charge < -0.3 is 4.74 Å². The minimum atomic E-state index is 0.482. The van der Waals surface area contributed by atoms with E-state index in [0.717, 1.165) is 5.56 Å². The average Bonchev–Trinajstić information content (AvgIpc) is 2.26. The van der Waals surface area contributed by atoms with E-state index in [1.807, 2.05) is 6.07 Å². The smallest absolute Gasteiger partial charge is 0.197 e. The van der Waals surface area contributed by atoms with Gasteiger partial charge in [0.25, 0.3) is 0 Å². The summed E-state index contributed by atoms with van der Waals surface area (Å²) in [4.78, 5) is 3.34. The number of nitrogens with zero attached hydrogens (tertiary/aromatic N) is 2. The molecule has 0 atom stereocenters. The maximum Gasteiger partial charge on any atom is 0.197 e. The minimum Gasteiger partial charge on any atom is -0.498 e. The standard InChI is InChI=1S/C11H8N2O/c1-13-11-8-10(14-2)6-5-9(11)4-3-7-12/h3-6,8H,2H3. The van der Waals surface area contributed by atoms with Crippen LogP contribution in [0.3, 0.4) is 0 Å². The van der Waals surface area contributed by atoms with Gasteiger partial charge in [-0.1, -0.05) is 12.1 Å². The van der Waals surface area contributed by atoms with Crippen molar-refractivity contribution in [3.05, 3.63) is 41.3 Å². The Morgan fingerprint density at radius 2 is 2.36 bits per heavy atom. The summed E-state index contributed by atoms with van der Waals surface area (Å²) < 4.78 is 4.98. The van der Waals surface area contributed by atoms with E-state index >= 15 is 0 Å². The molecule has 1 aromatic rings. The van der Waals surface area contributed by atoms with Gasteiger partial charge in [0.1, 0.15) is 5.75 Å². The molecule has 0 fully saturated rings. The van der Waals surface area contributed by atoms with Gasteiger partial charge in [-0.15, -0.1) is 0 Å². The monoisotopic (exact) mass is 184 g/mol. The van der Waals surface area contributed by atoms with Crippen molar-refractivity contribution in [1.29, 1.82) is 5.26 Å². The van der Waals surface area contributed by atoms with Crippen LogP contribution in [-0.4, -0.2) is 7.11 Å². The Hall–Kier alpha value is -2.26. The number of hydrogen-bond donors (Lipinski definition) is 0. The van der Waals surface area contributed by atoms with Crippen LogP contribution in [0, 0.1) is 17.9 Å². The lowest BCUT2D eigenvalue weighted by Gasteiger charge is -2.01. The molecule has 1 rings (SSSR count). The van der Waals surface area contributed by atoms with Crippen molar-refractivity contribution in [3.63, 3.8) is 0 Å². The molecular weight excluding hydrogens is 176 g/mol. The molecule has 0 spiro atoms. The topological polar surface area (TPSA) is 37.4 Å². The van der Waals surface area contributed by atoms with E-state index in [4.69, 9.17) is 16.6 Å². The molecule has 0 bridgehead atoms. The van der Waals surface area contributed by atoms with Gasteiger partial charge in [-0.05, 0) is 17.7 Å². The molecule has 3 nitrogen and oxygen atoms in total. The molecule has 3 heteroatoms. The Bertz CT molecular complexity index is 436. The molecule has 0 amide bonds. The lowest BCUT2D eigenvalue weighted by atomic mass is 10.1. The fraction of sp³-hybridized carbons (Fsp3) is 0.0909. The Labute approximate surface area is 82.7 Å². The van der Waals surface area contributed by atoms with E-state index in [9.17, 15) is 0 Å². The van der Waals surface area contributed by atoms with Crippen LogP contribution in [0.1, 0.15) is 5.56 Å². The predicted octanol–water partition coefficient (Wildman–Crippen LogP) is 2.78.